The average molecular weight is 374 g/mol. The number of nitrogens with one attached hydrogen (secondary N) is 1. The molecule has 1 atom stereocenters. The Bertz CT molecular complexity index is 930. The smallest absolute Gasteiger partial charge is 0.236 e. The first kappa shape index (κ1) is 18.4. The van der Waals surface area contributed by atoms with E-state index in [1.807, 2.05) is 29.3 Å². The van der Waals surface area contributed by atoms with Crippen LogP contribution in [0.25, 0.3) is 10.8 Å². The predicted molar refractivity (Wildman–Crippen MR) is 113 cm³/mol. The van der Waals surface area contributed by atoms with Gasteiger partial charge in [0.05, 0.1) is 6.54 Å². The molecular formula is C23H26N4O. The van der Waals surface area contributed by atoms with Crippen LogP contribution in [0.4, 0.5) is 5.82 Å². The highest BCUT2D eigenvalue weighted by molar-refractivity contribution is 5.86. The first-order valence-electron chi connectivity index (χ1n) is 9.87. The van der Waals surface area contributed by atoms with Crippen molar-refractivity contribution >= 4 is 22.5 Å². The molecule has 1 N–H and O–H groups in total. The van der Waals surface area contributed by atoms with E-state index in [9.17, 15) is 4.79 Å². The minimum atomic E-state index is 0.116. The maximum atomic E-state index is 12.7. The highest BCUT2D eigenvalue weighted by atomic mass is 16.2. The lowest BCUT2D eigenvalue weighted by Crippen LogP contribution is -2.51. The number of benzene rings is 2. The highest BCUT2D eigenvalue weighted by Gasteiger charge is 2.22. The van der Waals surface area contributed by atoms with Gasteiger partial charge < -0.3 is 15.1 Å². The van der Waals surface area contributed by atoms with E-state index in [2.05, 4.69) is 64.6 Å². The summed E-state index contributed by atoms with van der Waals surface area (Å²) >= 11 is 0. The molecule has 1 saturated heterocycles. The molecule has 1 aromatic heterocycles. The van der Waals surface area contributed by atoms with Gasteiger partial charge in [0.2, 0.25) is 5.91 Å². The summed E-state index contributed by atoms with van der Waals surface area (Å²) < 4.78 is 0. The lowest BCUT2D eigenvalue weighted by molar-refractivity contribution is -0.130. The molecule has 0 saturated carbocycles. The van der Waals surface area contributed by atoms with Gasteiger partial charge in [-0.25, -0.2) is 4.98 Å². The van der Waals surface area contributed by atoms with E-state index < -0.39 is 0 Å². The second-order valence-electron chi connectivity index (χ2n) is 7.23. The lowest BCUT2D eigenvalue weighted by Gasteiger charge is -2.35. The quantitative estimate of drug-likeness (QED) is 0.745. The molecule has 2 aromatic carbocycles. The summed E-state index contributed by atoms with van der Waals surface area (Å²) in [7, 11) is 0. The zero-order chi connectivity index (χ0) is 19.3. The van der Waals surface area contributed by atoms with Gasteiger partial charge in [0, 0.05) is 38.4 Å². The molecule has 0 bridgehead atoms. The van der Waals surface area contributed by atoms with Crippen LogP contribution in [0, 0.1) is 0 Å². The Hall–Kier alpha value is -2.92. The van der Waals surface area contributed by atoms with Crippen LogP contribution in [-0.2, 0) is 4.79 Å². The SMILES string of the molecule is C[C@@H](NCC(=O)N1CCN(c2ccccn2)CC1)c1cccc2ccccc12. The van der Waals surface area contributed by atoms with Gasteiger partial charge in [-0.1, -0.05) is 48.5 Å². The number of amides is 1. The van der Waals surface area contributed by atoms with Gasteiger partial charge in [0.25, 0.3) is 0 Å². The molecule has 0 spiro atoms. The van der Waals surface area contributed by atoms with Crippen molar-refractivity contribution in [3.05, 3.63) is 72.4 Å². The first-order chi connectivity index (χ1) is 13.7. The van der Waals surface area contributed by atoms with Gasteiger partial charge in [0.15, 0.2) is 0 Å². The van der Waals surface area contributed by atoms with Crippen LogP contribution in [0.2, 0.25) is 0 Å². The minimum absolute atomic E-state index is 0.116. The topological polar surface area (TPSA) is 48.5 Å². The molecule has 1 aliphatic heterocycles. The maximum absolute atomic E-state index is 12.7. The Labute approximate surface area is 166 Å². The van der Waals surface area contributed by atoms with Gasteiger partial charge in [-0.3, -0.25) is 4.79 Å². The van der Waals surface area contributed by atoms with E-state index in [-0.39, 0.29) is 11.9 Å². The van der Waals surface area contributed by atoms with Crippen LogP contribution < -0.4 is 10.2 Å². The molecule has 28 heavy (non-hydrogen) atoms. The third kappa shape index (κ3) is 3.99. The van der Waals surface area contributed by atoms with Crippen LogP contribution >= 0.6 is 0 Å². The van der Waals surface area contributed by atoms with Crippen molar-refractivity contribution < 1.29 is 4.79 Å². The zero-order valence-corrected chi connectivity index (χ0v) is 16.2. The predicted octanol–water partition coefficient (Wildman–Crippen LogP) is 3.23. The average Bonchev–Trinajstić information content (AvgIpc) is 2.77. The first-order valence-corrected chi connectivity index (χ1v) is 9.87. The summed E-state index contributed by atoms with van der Waals surface area (Å²) in [6.07, 6.45) is 1.81. The third-order valence-corrected chi connectivity index (χ3v) is 5.45. The summed E-state index contributed by atoms with van der Waals surface area (Å²) in [5.74, 6) is 1.14. The van der Waals surface area contributed by atoms with Crippen molar-refractivity contribution in [2.75, 3.05) is 37.6 Å². The molecule has 2 heterocycles. The van der Waals surface area contributed by atoms with Crippen molar-refractivity contribution in [3.63, 3.8) is 0 Å². The molecule has 0 radical (unpaired) electrons. The van der Waals surface area contributed by atoms with E-state index >= 15 is 0 Å². The Morgan fingerprint density at radius 2 is 1.75 bits per heavy atom. The number of fused-ring (bicyclic) bond motifs is 1. The van der Waals surface area contributed by atoms with Crippen molar-refractivity contribution in [1.82, 2.24) is 15.2 Å². The summed E-state index contributed by atoms with van der Waals surface area (Å²) in [5.41, 5.74) is 1.23. The molecule has 3 aromatic rings. The zero-order valence-electron chi connectivity index (χ0n) is 16.2. The molecule has 4 rings (SSSR count). The number of pyridine rings is 1. The summed E-state index contributed by atoms with van der Waals surface area (Å²) in [6, 6.07) is 20.8. The van der Waals surface area contributed by atoms with E-state index in [1.54, 1.807) is 0 Å². The number of aromatic nitrogens is 1. The van der Waals surface area contributed by atoms with Crippen molar-refractivity contribution in [2.24, 2.45) is 0 Å². The van der Waals surface area contributed by atoms with E-state index in [0.29, 0.717) is 6.54 Å². The van der Waals surface area contributed by atoms with Crippen LogP contribution in [-0.4, -0.2) is 48.5 Å². The molecule has 144 valence electrons. The van der Waals surface area contributed by atoms with E-state index in [4.69, 9.17) is 0 Å². The number of anilines is 1. The van der Waals surface area contributed by atoms with Gasteiger partial charge in [-0.2, -0.15) is 0 Å². The van der Waals surface area contributed by atoms with Crippen molar-refractivity contribution in [3.8, 4) is 0 Å². The monoisotopic (exact) mass is 374 g/mol. The number of nitrogens with zero attached hydrogens (tertiary/aromatic N) is 3. The van der Waals surface area contributed by atoms with Crippen LogP contribution in [0.1, 0.15) is 18.5 Å². The summed E-state index contributed by atoms with van der Waals surface area (Å²) in [6.45, 7) is 5.59. The number of hydrogen-bond acceptors (Lipinski definition) is 4. The molecule has 0 aliphatic carbocycles. The Morgan fingerprint density at radius 1 is 1.00 bits per heavy atom. The Balaban J connectivity index is 1.32. The highest BCUT2D eigenvalue weighted by Crippen LogP contribution is 2.24. The molecule has 5 heteroatoms. The Morgan fingerprint density at radius 3 is 2.54 bits per heavy atom. The standard InChI is InChI=1S/C23H26N4O/c1-18(20-10-6-8-19-7-2-3-9-21(19)20)25-17-23(28)27-15-13-26(14-16-27)22-11-4-5-12-24-22/h2-12,18,25H,13-17H2,1H3/t18-/m1/s1. The van der Waals surface area contributed by atoms with E-state index in [1.165, 1.54) is 16.3 Å². The van der Waals surface area contributed by atoms with Crippen LogP contribution in [0.15, 0.2) is 66.9 Å². The fourth-order valence-electron chi connectivity index (χ4n) is 3.82. The molecule has 5 nitrogen and oxygen atoms in total. The number of rotatable bonds is 5. The lowest BCUT2D eigenvalue weighted by atomic mass is 10.00. The molecule has 0 unspecified atom stereocenters. The van der Waals surface area contributed by atoms with Crippen molar-refractivity contribution in [2.45, 2.75) is 13.0 Å². The van der Waals surface area contributed by atoms with Gasteiger partial charge in [-0.05, 0) is 35.4 Å². The number of carbonyl (C=O) groups is 1. The van der Waals surface area contributed by atoms with Crippen LogP contribution in [0.5, 0.6) is 0 Å². The maximum Gasteiger partial charge on any atom is 0.236 e. The minimum Gasteiger partial charge on any atom is -0.353 e. The molecule has 1 amide bonds. The second kappa shape index (κ2) is 8.40. The van der Waals surface area contributed by atoms with Gasteiger partial charge in [0.1, 0.15) is 5.82 Å². The van der Waals surface area contributed by atoms with Crippen molar-refractivity contribution in [1.29, 1.82) is 0 Å². The van der Waals surface area contributed by atoms with E-state index in [0.717, 1.165) is 32.0 Å². The number of carbonyl (C=O) groups excluding carboxylic acids is 1. The molecular weight excluding hydrogens is 348 g/mol. The normalized spacial score (nSPS) is 15.6. The van der Waals surface area contributed by atoms with Gasteiger partial charge in [-0.15, -0.1) is 0 Å². The summed E-state index contributed by atoms with van der Waals surface area (Å²) in [4.78, 5) is 21.2. The third-order valence-electron chi connectivity index (χ3n) is 5.45. The Kier molecular flexibility index (Phi) is 5.53. The second-order valence-corrected chi connectivity index (χ2v) is 7.23. The fraction of sp³-hybridized carbons (Fsp3) is 0.304. The largest absolute Gasteiger partial charge is 0.353 e. The molecule has 1 aliphatic rings. The fourth-order valence-corrected chi connectivity index (χ4v) is 3.82. The van der Waals surface area contributed by atoms with Gasteiger partial charge >= 0.3 is 0 Å². The number of hydrogen-bond donors (Lipinski definition) is 1. The van der Waals surface area contributed by atoms with Crippen LogP contribution in [0.3, 0.4) is 0 Å². The number of piperazine rings is 1. The molecule has 1 fully saturated rings. The summed E-state index contributed by atoms with van der Waals surface area (Å²) in [5, 5.41) is 5.88.